The molecule has 2 aliphatic rings. The van der Waals surface area contributed by atoms with Gasteiger partial charge in [-0.25, -0.2) is 0 Å². The molecule has 4 rings (SSSR count). The van der Waals surface area contributed by atoms with Crippen molar-refractivity contribution in [3.05, 3.63) is 41.5 Å². The first-order valence-corrected chi connectivity index (χ1v) is 9.29. The monoisotopic (exact) mass is 422 g/mol. The highest BCUT2D eigenvalue weighted by Gasteiger charge is 2.39. The minimum absolute atomic E-state index is 0.0568. The predicted molar refractivity (Wildman–Crippen MR) is 99.3 cm³/mol. The summed E-state index contributed by atoms with van der Waals surface area (Å²) in [6.45, 7) is -0.241. The van der Waals surface area contributed by atoms with Gasteiger partial charge in [0.2, 0.25) is 6.29 Å². The quantitative estimate of drug-likeness (QED) is 0.325. The predicted octanol–water partition coefficient (Wildman–Crippen LogP) is -0.342. The van der Waals surface area contributed by atoms with Gasteiger partial charge in [0, 0.05) is 24.1 Å². The van der Waals surface area contributed by atoms with Gasteiger partial charge in [0.25, 0.3) is 0 Å². The summed E-state index contributed by atoms with van der Waals surface area (Å²) >= 11 is 0. The zero-order valence-corrected chi connectivity index (χ0v) is 15.6. The fourth-order valence-corrected chi connectivity index (χ4v) is 3.54. The SMILES string of the molecule is Oc1ccc([C@@H]2Oc3cc(O[C@H]4OC[C@@H](O)[C@H](O)[C@H]4O)cc(O)c3C[C@H]2O)cc1O. The van der Waals surface area contributed by atoms with Crippen LogP contribution in [0.3, 0.4) is 0 Å². The maximum atomic E-state index is 10.5. The molecule has 7 N–H and O–H groups in total. The second-order valence-electron chi connectivity index (χ2n) is 7.35. The molecule has 162 valence electrons. The number of fused-ring (bicyclic) bond motifs is 1. The molecule has 10 nitrogen and oxygen atoms in total. The van der Waals surface area contributed by atoms with Crippen LogP contribution in [0.1, 0.15) is 17.2 Å². The van der Waals surface area contributed by atoms with Gasteiger partial charge >= 0.3 is 0 Å². The zero-order valence-electron chi connectivity index (χ0n) is 15.6. The molecule has 6 atom stereocenters. The fourth-order valence-electron chi connectivity index (χ4n) is 3.54. The van der Waals surface area contributed by atoms with E-state index < -0.39 is 36.8 Å². The van der Waals surface area contributed by atoms with E-state index in [2.05, 4.69) is 0 Å². The molecule has 0 saturated carbocycles. The van der Waals surface area contributed by atoms with Crippen molar-refractivity contribution < 1.29 is 50.0 Å². The van der Waals surface area contributed by atoms with Crippen molar-refractivity contribution in [3.8, 4) is 28.7 Å². The topological polar surface area (TPSA) is 169 Å². The van der Waals surface area contributed by atoms with Crippen LogP contribution < -0.4 is 9.47 Å². The standard InChI is InChI=1S/C20H22O10/c21-11-2-1-8(3-13(11)23)19-14(24)6-10-12(22)4-9(5-16(10)30-19)29-20-18(27)17(26)15(25)7-28-20/h1-5,14-15,17-27H,6-7H2/t14-,15-,17+,18-,19+,20-/m1/s1. The Balaban J connectivity index is 1.58. The maximum Gasteiger partial charge on any atom is 0.228 e. The van der Waals surface area contributed by atoms with E-state index in [4.69, 9.17) is 14.2 Å². The van der Waals surface area contributed by atoms with E-state index in [1.165, 1.54) is 30.3 Å². The highest BCUT2D eigenvalue weighted by atomic mass is 16.7. The Morgan fingerprint density at radius 1 is 0.833 bits per heavy atom. The summed E-state index contributed by atoms with van der Waals surface area (Å²) in [5.74, 6) is -0.602. The molecule has 30 heavy (non-hydrogen) atoms. The Hall–Kier alpha value is -2.76. The largest absolute Gasteiger partial charge is 0.507 e. The molecule has 0 bridgehead atoms. The third-order valence-electron chi connectivity index (χ3n) is 5.21. The Morgan fingerprint density at radius 2 is 1.60 bits per heavy atom. The molecule has 2 aliphatic heterocycles. The number of ether oxygens (including phenoxy) is 3. The Labute approximate surface area is 170 Å². The summed E-state index contributed by atoms with van der Waals surface area (Å²) in [5.41, 5.74) is 0.757. The average molecular weight is 422 g/mol. The van der Waals surface area contributed by atoms with Crippen LogP contribution in [-0.2, 0) is 11.2 Å². The average Bonchev–Trinajstić information content (AvgIpc) is 2.71. The summed E-state index contributed by atoms with van der Waals surface area (Å²) in [7, 11) is 0. The lowest BCUT2D eigenvalue weighted by atomic mass is 9.94. The zero-order chi connectivity index (χ0) is 21.6. The van der Waals surface area contributed by atoms with E-state index in [1.54, 1.807) is 0 Å². The van der Waals surface area contributed by atoms with Crippen LogP contribution in [0.15, 0.2) is 30.3 Å². The number of benzene rings is 2. The van der Waals surface area contributed by atoms with Crippen LogP contribution >= 0.6 is 0 Å². The second-order valence-corrected chi connectivity index (χ2v) is 7.35. The first-order valence-electron chi connectivity index (χ1n) is 9.29. The molecule has 2 heterocycles. The van der Waals surface area contributed by atoms with Crippen molar-refractivity contribution in [2.24, 2.45) is 0 Å². The molecule has 0 radical (unpaired) electrons. The van der Waals surface area contributed by atoms with Gasteiger partial charge in [0.1, 0.15) is 41.7 Å². The number of aliphatic hydroxyl groups excluding tert-OH is 4. The summed E-state index contributed by atoms with van der Waals surface area (Å²) < 4.78 is 16.5. The van der Waals surface area contributed by atoms with Crippen molar-refractivity contribution in [2.75, 3.05) is 6.61 Å². The summed E-state index contributed by atoms with van der Waals surface area (Å²) in [6, 6.07) is 6.73. The highest BCUT2D eigenvalue weighted by Crippen LogP contribution is 2.43. The molecule has 10 heteroatoms. The summed E-state index contributed by atoms with van der Waals surface area (Å²) in [4.78, 5) is 0. The summed E-state index contributed by atoms with van der Waals surface area (Å²) in [6.07, 6.45) is -7.34. The first-order chi connectivity index (χ1) is 14.2. The Morgan fingerprint density at radius 3 is 2.33 bits per heavy atom. The van der Waals surface area contributed by atoms with Gasteiger partial charge in [-0.15, -0.1) is 0 Å². The van der Waals surface area contributed by atoms with Crippen LogP contribution in [-0.4, -0.2) is 73.1 Å². The number of hydrogen-bond acceptors (Lipinski definition) is 10. The van der Waals surface area contributed by atoms with Crippen LogP contribution in [0.4, 0.5) is 0 Å². The smallest absolute Gasteiger partial charge is 0.228 e. The first kappa shape index (κ1) is 20.5. The van der Waals surface area contributed by atoms with Crippen molar-refractivity contribution in [2.45, 2.75) is 43.2 Å². The molecule has 0 aromatic heterocycles. The minimum Gasteiger partial charge on any atom is -0.507 e. The Bertz CT molecular complexity index is 932. The molecule has 2 aromatic carbocycles. The van der Waals surface area contributed by atoms with Gasteiger partial charge in [-0.3, -0.25) is 0 Å². The number of aliphatic hydroxyl groups is 4. The van der Waals surface area contributed by atoms with Gasteiger partial charge in [-0.05, 0) is 17.7 Å². The Kier molecular flexibility index (Phi) is 5.35. The lowest BCUT2D eigenvalue weighted by Gasteiger charge is -2.35. The lowest BCUT2D eigenvalue weighted by molar-refractivity contribution is -0.242. The van der Waals surface area contributed by atoms with Gasteiger partial charge in [0.05, 0.1) is 12.7 Å². The number of phenols is 3. The van der Waals surface area contributed by atoms with Crippen molar-refractivity contribution in [3.63, 3.8) is 0 Å². The molecule has 1 saturated heterocycles. The van der Waals surface area contributed by atoms with Gasteiger partial charge < -0.3 is 50.0 Å². The van der Waals surface area contributed by atoms with Crippen LogP contribution in [0.5, 0.6) is 28.7 Å². The van der Waals surface area contributed by atoms with E-state index >= 15 is 0 Å². The van der Waals surface area contributed by atoms with Crippen LogP contribution in [0.2, 0.25) is 0 Å². The van der Waals surface area contributed by atoms with E-state index in [0.29, 0.717) is 11.1 Å². The maximum absolute atomic E-state index is 10.5. The molecule has 0 spiro atoms. The van der Waals surface area contributed by atoms with Crippen molar-refractivity contribution in [1.29, 1.82) is 0 Å². The van der Waals surface area contributed by atoms with Crippen LogP contribution in [0, 0.1) is 0 Å². The third-order valence-corrected chi connectivity index (χ3v) is 5.21. The van der Waals surface area contributed by atoms with E-state index in [-0.39, 0.29) is 41.8 Å². The van der Waals surface area contributed by atoms with E-state index in [9.17, 15) is 35.7 Å². The molecule has 1 fully saturated rings. The normalized spacial score (nSPS) is 30.9. The molecule has 2 aromatic rings. The summed E-state index contributed by atoms with van der Waals surface area (Å²) in [5, 5.41) is 69.3. The second kappa shape index (κ2) is 7.82. The molecular weight excluding hydrogens is 400 g/mol. The number of phenolic OH excluding ortho intramolecular Hbond substituents is 3. The van der Waals surface area contributed by atoms with Gasteiger partial charge in [-0.2, -0.15) is 0 Å². The lowest BCUT2D eigenvalue weighted by Crippen LogP contribution is -2.54. The third kappa shape index (κ3) is 3.71. The van der Waals surface area contributed by atoms with E-state index in [1.807, 2.05) is 0 Å². The number of aromatic hydroxyl groups is 3. The molecule has 0 amide bonds. The molecule has 0 aliphatic carbocycles. The fraction of sp³-hybridized carbons (Fsp3) is 0.400. The molecular formula is C20H22O10. The number of hydrogen-bond donors (Lipinski definition) is 7. The molecule has 0 unspecified atom stereocenters. The highest BCUT2D eigenvalue weighted by molar-refractivity contribution is 5.52. The van der Waals surface area contributed by atoms with Crippen molar-refractivity contribution >= 4 is 0 Å². The van der Waals surface area contributed by atoms with Gasteiger partial charge in [0.15, 0.2) is 11.5 Å². The van der Waals surface area contributed by atoms with Crippen LogP contribution in [0.25, 0.3) is 0 Å². The minimum atomic E-state index is -1.51. The van der Waals surface area contributed by atoms with Gasteiger partial charge in [-0.1, -0.05) is 6.07 Å². The van der Waals surface area contributed by atoms with E-state index in [0.717, 1.165) is 0 Å². The number of rotatable bonds is 3. The van der Waals surface area contributed by atoms with Crippen molar-refractivity contribution in [1.82, 2.24) is 0 Å².